The van der Waals surface area contributed by atoms with E-state index in [0.29, 0.717) is 17.5 Å². The van der Waals surface area contributed by atoms with Crippen molar-refractivity contribution in [1.82, 2.24) is 19.9 Å². The standard InChI is InChI=1S/C18H19N7O4S/c1-13-5-6-16(20-12-13)22-18-8-7-17(23-24-18)19-9-10-21-30(28,29)15-4-2-3-14(11-15)25(26)27/h2-8,11-12,21H,9-10H2,1H3,(H,19,23)(H,20,22,24). The van der Waals surface area contributed by atoms with Crippen molar-refractivity contribution in [2.75, 3.05) is 23.7 Å². The van der Waals surface area contributed by atoms with Crippen molar-refractivity contribution in [2.24, 2.45) is 0 Å². The van der Waals surface area contributed by atoms with E-state index in [4.69, 9.17) is 0 Å². The maximum absolute atomic E-state index is 12.3. The molecule has 0 fully saturated rings. The summed E-state index contributed by atoms with van der Waals surface area (Å²) in [5, 5.41) is 24.8. The second-order valence-electron chi connectivity index (χ2n) is 6.23. The molecule has 0 bridgehead atoms. The molecule has 1 aromatic carbocycles. The molecule has 0 saturated carbocycles. The van der Waals surface area contributed by atoms with Gasteiger partial charge in [0.05, 0.1) is 9.82 Å². The van der Waals surface area contributed by atoms with Gasteiger partial charge in [-0.15, -0.1) is 10.2 Å². The fourth-order valence-electron chi connectivity index (χ4n) is 2.39. The number of aryl methyl sites for hydroxylation is 1. The second-order valence-corrected chi connectivity index (χ2v) is 8.00. The fraction of sp³-hybridized carbons (Fsp3) is 0.167. The van der Waals surface area contributed by atoms with E-state index in [2.05, 4.69) is 30.5 Å². The van der Waals surface area contributed by atoms with Gasteiger partial charge in [0.15, 0.2) is 5.82 Å². The molecule has 156 valence electrons. The molecule has 3 N–H and O–H groups in total. The van der Waals surface area contributed by atoms with Crippen LogP contribution in [0.4, 0.5) is 23.1 Å². The van der Waals surface area contributed by atoms with E-state index in [1.807, 2.05) is 19.1 Å². The summed E-state index contributed by atoms with van der Waals surface area (Å²) in [6.07, 6.45) is 1.74. The van der Waals surface area contributed by atoms with Gasteiger partial charge in [0, 0.05) is 31.4 Å². The summed E-state index contributed by atoms with van der Waals surface area (Å²) in [4.78, 5) is 14.2. The average molecular weight is 429 g/mol. The maximum Gasteiger partial charge on any atom is 0.270 e. The number of nitrogens with one attached hydrogen (secondary N) is 3. The van der Waals surface area contributed by atoms with Gasteiger partial charge >= 0.3 is 0 Å². The summed E-state index contributed by atoms with van der Waals surface area (Å²) < 4.78 is 26.9. The Bertz CT molecular complexity index is 1120. The van der Waals surface area contributed by atoms with Crippen LogP contribution in [0.1, 0.15) is 5.56 Å². The van der Waals surface area contributed by atoms with Crippen LogP contribution in [0.15, 0.2) is 59.6 Å². The highest BCUT2D eigenvalue weighted by atomic mass is 32.2. The van der Waals surface area contributed by atoms with Crippen molar-refractivity contribution in [2.45, 2.75) is 11.8 Å². The predicted molar refractivity (Wildman–Crippen MR) is 111 cm³/mol. The van der Waals surface area contributed by atoms with Gasteiger partial charge in [0.1, 0.15) is 11.6 Å². The van der Waals surface area contributed by atoms with Crippen LogP contribution in [0, 0.1) is 17.0 Å². The Morgan fingerprint density at radius 3 is 2.40 bits per heavy atom. The number of pyridine rings is 1. The number of hydrogen-bond donors (Lipinski definition) is 3. The molecule has 2 aromatic heterocycles. The van der Waals surface area contributed by atoms with Crippen molar-refractivity contribution in [3.8, 4) is 0 Å². The molecule has 12 heteroatoms. The Morgan fingerprint density at radius 2 is 1.73 bits per heavy atom. The summed E-state index contributed by atoms with van der Waals surface area (Å²) in [7, 11) is -3.86. The van der Waals surface area contributed by atoms with Crippen molar-refractivity contribution < 1.29 is 13.3 Å². The third-order valence-electron chi connectivity index (χ3n) is 3.89. The number of rotatable bonds is 9. The lowest BCUT2D eigenvalue weighted by Gasteiger charge is -2.09. The number of benzene rings is 1. The number of hydrogen-bond acceptors (Lipinski definition) is 9. The van der Waals surface area contributed by atoms with Crippen LogP contribution in [0.2, 0.25) is 0 Å². The molecule has 0 atom stereocenters. The molecule has 3 aromatic rings. The SMILES string of the molecule is Cc1ccc(Nc2ccc(NCCNS(=O)(=O)c3cccc([N+](=O)[O-])c3)nn2)nc1. The van der Waals surface area contributed by atoms with Crippen LogP contribution < -0.4 is 15.4 Å². The summed E-state index contributed by atoms with van der Waals surface area (Å²) in [6.45, 7) is 2.25. The molecule has 0 amide bonds. The number of anilines is 3. The Morgan fingerprint density at radius 1 is 1.00 bits per heavy atom. The molecule has 30 heavy (non-hydrogen) atoms. The van der Waals surface area contributed by atoms with Crippen molar-refractivity contribution >= 4 is 33.2 Å². The van der Waals surface area contributed by atoms with Gasteiger partial charge in [-0.25, -0.2) is 18.1 Å². The number of nitrogens with zero attached hydrogens (tertiary/aromatic N) is 4. The largest absolute Gasteiger partial charge is 0.367 e. The van der Waals surface area contributed by atoms with Crippen molar-refractivity contribution in [1.29, 1.82) is 0 Å². The number of aromatic nitrogens is 3. The second kappa shape index (κ2) is 9.24. The Hall–Kier alpha value is -3.64. The van der Waals surface area contributed by atoms with Gasteiger partial charge < -0.3 is 10.6 Å². The zero-order valence-corrected chi connectivity index (χ0v) is 16.8. The smallest absolute Gasteiger partial charge is 0.270 e. The van der Waals surface area contributed by atoms with Crippen LogP contribution in [-0.2, 0) is 10.0 Å². The molecular weight excluding hydrogens is 410 g/mol. The van der Waals surface area contributed by atoms with Crippen LogP contribution in [-0.4, -0.2) is 41.6 Å². The first-order valence-corrected chi connectivity index (χ1v) is 10.3. The van der Waals surface area contributed by atoms with Gasteiger partial charge in [0.25, 0.3) is 5.69 Å². The van der Waals surface area contributed by atoms with Crippen LogP contribution in [0.5, 0.6) is 0 Å². The minimum Gasteiger partial charge on any atom is -0.367 e. The van der Waals surface area contributed by atoms with Gasteiger partial charge in [0.2, 0.25) is 10.0 Å². The molecule has 0 unspecified atom stereocenters. The van der Waals surface area contributed by atoms with E-state index >= 15 is 0 Å². The summed E-state index contributed by atoms with van der Waals surface area (Å²) >= 11 is 0. The molecule has 0 saturated heterocycles. The topological polar surface area (TPSA) is 152 Å². The van der Waals surface area contributed by atoms with Crippen LogP contribution in [0.25, 0.3) is 0 Å². The van der Waals surface area contributed by atoms with E-state index < -0.39 is 14.9 Å². The summed E-state index contributed by atoms with van der Waals surface area (Å²) in [5.74, 6) is 1.63. The lowest BCUT2D eigenvalue weighted by molar-refractivity contribution is -0.385. The third kappa shape index (κ3) is 5.68. The highest BCUT2D eigenvalue weighted by molar-refractivity contribution is 7.89. The zero-order chi connectivity index (χ0) is 21.6. The number of sulfonamides is 1. The van der Waals surface area contributed by atoms with E-state index in [1.165, 1.54) is 18.2 Å². The van der Waals surface area contributed by atoms with E-state index in [-0.39, 0.29) is 23.7 Å². The van der Waals surface area contributed by atoms with Crippen LogP contribution in [0.3, 0.4) is 0 Å². The first kappa shape index (κ1) is 21.1. The quantitative estimate of drug-likeness (QED) is 0.264. The molecule has 0 aliphatic rings. The molecule has 11 nitrogen and oxygen atoms in total. The number of non-ortho nitro benzene ring substituents is 1. The minimum atomic E-state index is -3.86. The zero-order valence-electron chi connectivity index (χ0n) is 15.9. The van der Waals surface area contributed by atoms with E-state index in [9.17, 15) is 18.5 Å². The van der Waals surface area contributed by atoms with Gasteiger partial charge in [-0.1, -0.05) is 12.1 Å². The van der Waals surface area contributed by atoms with Crippen LogP contribution >= 0.6 is 0 Å². The van der Waals surface area contributed by atoms with E-state index in [1.54, 1.807) is 18.3 Å². The normalized spacial score (nSPS) is 11.1. The Labute approximate surface area is 172 Å². The average Bonchev–Trinajstić information content (AvgIpc) is 2.74. The third-order valence-corrected chi connectivity index (χ3v) is 5.35. The monoisotopic (exact) mass is 429 g/mol. The molecule has 0 radical (unpaired) electrons. The summed E-state index contributed by atoms with van der Waals surface area (Å²) in [5.41, 5.74) is 0.758. The lowest BCUT2D eigenvalue weighted by atomic mass is 10.3. The molecule has 0 spiro atoms. The highest BCUT2D eigenvalue weighted by Gasteiger charge is 2.16. The Balaban J connectivity index is 1.49. The number of nitro benzene ring substituents is 1. The van der Waals surface area contributed by atoms with E-state index in [0.717, 1.165) is 11.6 Å². The number of nitro groups is 1. The van der Waals surface area contributed by atoms with Gasteiger partial charge in [-0.2, -0.15) is 0 Å². The maximum atomic E-state index is 12.3. The van der Waals surface area contributed by atoms with Crippen molar-refractivity contribution in [3.63, 3.8) is 0 Å². The first-order chi connectivity index (χ1) is 14.3. The molecule has 2 heterocycles. The molecular formula is C18H19N7O4S. The summed E-state index contributed by atoms with van der Waals surface area (Å²) in [6, 6.07) is 12.0. The molecule has 0 aliphatic heterocycles. The van der Waals surface area contributed by atoms with Crippen molar-refractivity contribution in [3.05, 3.63) is 70.4 Å². The van der Waals surface area contributed by atoms with Gasteiger partial charge in [-0.05, 0) is 36.8 Å². The molecule has 0 aliphatic carbocycles. The highest BCUT2D eigenvalue weighted by Crippen LogP contribution is 2.17. The fourth-order valence-corrected chi connectivity index (χ4v) is 3.46. The predicted octanol–water partition coefficient (Wildman–Crippen LogP) is 2.22. The molecule has 3 rings (SSSR count). The Kier molecular flexibility index (Phi) is 6.49. The first-order valence-electron chi connectivity index (χ1n) is 8.85. The lowest BCUT2D eigenvalue weighted by Crippen LogP contribution is -2.29. The minimum absolute atomic E-state index is 0.0555. The van der Waals surface area contributed by atoms with Gasteiger partial charge in [-0.3, -0.25) is 10.1 Å².